The first-order valence-corrected chi connectivity index (χ1v) is 8.96. The van der Waals surface area contributed by atoms with Crippen LogP contribution in [-0.2, 0) is 16.6 Å². The van der Waals surface area contributed by atoms with E-state index in [0.717, 1.165) is 16.5 Å². The third-order valence-corrected chi connectivity index (χ3v) is 5.03. The van der Waals surface area contributed by atoms with Crippen molar-refractivity contribution in [2.75, 3.05) is 4.90 Å². The number of thiocarbonyl (C=S) groups is 1. The third kappa shape index (κ3) is 2.93. The molecule has 0 spiro atoms. The van der Waals surface area contributed by atoms with Crippen LogP contribution in [0.4, 0.5) is 5.69 Å². The van der Waals surface area contributed by atoms with Gasteiger partial charge in [0.15, 0.2) is 5.11 Å². The second kappa shape index (κ2) is 6.64. The van der Waals surface area contributed by atoms with Crippen molar-refractivity contribution in [1.82, 2.24) is 9.88 Å². The topological polar surface area (TPSA) is 54.3 Å². The molecule has 2 aromatic carbocycles. The van der Waals surface area contributed by atoms with Crippen LogP contribution in [0.15, 0.2) is 60.3 Å². The molecule has 0 atom stereocenters. The molecule has 7 heteroatoms. The van der Waals surface area contributed by atoms with Gasteiger partial charge >= 0.3 is 0 Å². The Balaban J connectivity index is 1.83. The molecular formula is C20H14ClN3O2S. The van der Waals surface area contributed by atoms with Gasteiger partial charge in [-0.3, -0.25) is 19.8 Å². The van der Waals surface area contributed by atoms with Crippen molar-refractivity contribution in [2.45, 2.75) is 0 Å². The zero-order valence-corrected chi connectivity index (χ0v) is 15.8. The number of hydrogen-bond donors (Lipinski definition) is 1. The molecular weight excluding hydrogens is 382 g/mol. The fourth-order valence-corrected chi connectivity index (χ4v) is 3.65. The molecule has 1 fully saturated rings. The van der Waals surface area contributed by atoms with Crippen molar-refractivity contribution in [3.8, 4) is 0 Å². The van der Waals surface area contributed by atoms with Crippen molar-refractivity contribution in [3.63, 3.8) is 0 Å². The van der Waals surface area contributed by atoms with E-state index < -0.39 is 11.8 Å². The number of nitrogens with zero attached hydrogens (tertiary/aromatic N) is 2. The number of aryl methyl sites for hydroxylation is 1. The van der Waals surface area contributed by atoms with Gasteiger partial charge in [0.2, 0.25) is 0 Å². The summed E-state index contributed by atoms with van der Waals surface area (Å²) >= 11 is 11.4. The van der Waals surface area contributed by atoms with E-state index in [1.807, 2.05) is 42.1 Å². The van der Waals surface area contributed by atoms with Gasteiger partial charge < -0.3 is 4.57 Å². The van der Waals surface area contributed by atoms with Crippen LogP contribution >= 0.6 is 23.8 Å². The summed E-state index contributed by atoms with van der Waals surface area (Å²) in [6.07, 6.45) is 3.47. The summed E-state index contributed by atoms with van der Waals surface area (Å²) in [5.74, 6) is -1.04. The highest BCUT2D eigenvalue weighted by atomic mass is 35.5. The number of nitrogens with one attached hydrogen (secondary N) is 1. The van der Waals surface area contributed by atoms with Crippen LogP contribution in [0.2, 0.25) is 5.02 Å². The second-order valence-electron chi connectivity index (χ2n) is 6.12. The molecule has 0 saturated carbocycles. The van der Waals surface area contributed by atoms with Crippen molar-refractivity contribution in [1.29, 1.82) is 0 Å². The Hall–Kier alpha value is -2.96. The van der Waals surface area contributed by atoms with Crippen molar-refractivity contribution >= 4 is 63.4 Å². The molecule has 27 heavy (non-hydrogen) atoms. The molecule has 2 amide bonds. The van der Waals surface area contributed by atoms with E-state index in [-0.39, 0.29) is 10.7 Å². The Morgan fingerprint density at radius 3 is 2.56 bits per heavy atom. The fourth-order valence-electron chi connectivity index (χ4n) is 3.15. The van der Waals surface area contributed by atoms with Gasteiger partial charge in [-0.1, -0.05) is 41.9 Å². The average molecular weight is 396 g/mol. The Morgan fingerprint density at radius 2 is 1.78 bits per heavy atom. The summed E-state index contributed by atoms with van der Waals surface area (Å²) in [5, 5.41) is 3.90. The molecule has 1 aliphatic heterocycles. The summed E-state index contributed by atoms with van der Waals surface area (Å²) in [4.78, 5) is 26.8. The van der Waals surface area contributed by atoms with Gasteiger partial charge in [0, 0.05) is 29.7 Å². The van der Waals surface area contributed by atoms with E-state index in [4.69, 9.17) is 23.8 Å². The lowest BCUT2D eigenvalue weighted by Gasteiger charge is -2.29. The SMILES string of the molecule is Cn1cc(/C=C2\C(=O)NC(=S)N(c3ccccc3Cl)C2=O)c2ccccc21. The number of carbonyl (C=O) groups excluding carboxylic acids is 2. The normalized spacial score (nSPS) is 16.3. The first kappa shape index (κ1) is 17.5. The largest absolute Gasteiger partial charge is 0.350 e. The number of benzene rings is 2. The number of halogens is 1. The molecule has 4 rings (SSSR count). The highest BCUT2D eigenvalue weighted by molar-refractivity contribution is 7.80. The maximum absolute atomic E-state index is 13.1. The highest BCUT2D eigenvalue weighted by Crippen LogP contribution is 2.30. The van der Waals surface area contributed by atoms with Crippen LogP contribution in [-0.4, -0.2) is 21.5 Å². The standard InChI is InChI=1S/C20H14ClN3O2S/c1-23-11-12(13-6-2-4-8-16(13)23)10-14-18(25)22-20(27)24(19(14)26)17-9-5-3-7-15(17)21/h2-11H,1H3,(H,22,25,27)/b14-10+. The molecule has 2 heterocycles. The Morgan fingerprint density at radius 1 is 1.07 bits per heavy atom. The molecule has 0 radical (unpaired) electrons. The zero-order chi connectivity index (χ0) is 19.1. The number of fused-ring (bicyclic) bond motifs is 1. The summed E-state index contributed by atoms with van der Waals surface area (Å²) in [7, 11) is 1.91. The lowest BCUT2D eigenvalue weighted by atomic mass is 10.1. The smallest absolute Gasteiger partial charge is 0.270 e. The monoisotopic (exact) mass is 395 g/mol. The minimum absolute atomic E-state index is 0.000118. The van der Waals surface area contributed by atoms with Gasteiger partial charge in [-0.15, -0.1) is 0 Å². The summed E-state index contributed by atoms with van der Waals surface area (Å²) in [6, 6.07) is 14.6. The predicted molar refractivity (Wildman–Crippen MR) is 111 cm³/mol. The molecule has 0 unspecified atom stereocenters. The van der Waals surface area contributed by atoms with Gasteiger partial charge in [0.25, 0.3) is 11.8 Å². The van der Waals surface area contributed by atoms with Crippen LogP contribution in [0.5, 0.6) is 0 Å². The molecule has 1 aromatic heterocycles. The molecule has 0 bridgehead atoms. The van der Waals surface area contributed by atoms with E-state index in [1.165, 1.54) is 4.90 Å². The highest BCUT2D eigenvalue weighted by Gasteiger charge is 2.35. The minimum atomic E-state index is -0.527. The molecule has 5 nitrogen and oxygen atoms in total. The van der Waals surface area contributed by atoms with Gasteiger partial charge in [0.1, 0.15) is 5.57 Å². The molecule has 3 aromatic rings. The van der Waals surface area contributed by atoms with Gasteiger partial charge in [0.05, 0.1) is 10.7 Å². The number of carbonyl (C=O) groups is 2. The lowest BCUT2D eigenvalue weighted by molar-refractivity contribution is -0.122. The average Bonchev–Trinajstić information content (AvgIpc) is 2.96. The van der Waals surface area contributed by atoms with Gasteiger partial charge in [-0.25, -0.2) is 0 Å². The summed E-state index contributed by atoms with van der Waals surface area (Å²) < 4.78 is 1.95. The summed E-state index contributed by atoms with van der Waals surface area (Å²) in [5.41, 5.74) is 2.21. The van der Waals surface area contributed by atoms with Crippen molar-refractivity contribution in [3.05, 3.63) is 70.9 Å². The molecule has 134 valence electrons. The molecule has 1 saturated heterocycles. The van der Waals surface area contributed by atoms with Gasteiger partial charge in [-0.2, -0.15) is 0 Å². The van der Waals surface area contributed by atoms with E-state index in [0.29, 0.717) is 10.7 Å². The maximum atomic E-state index is 13.1. The van der Waals surface area contributed by atoms with E-state index in [2.05, 4.69) is 5.32 Å². The van der Waals surface area contributed by atoms with Crippen LogP contribution in [0, 0.1) is 0 Å². The molecule has 1 N–H and O–H groups in total. The van der Waals surface area contributed by atoms with E-state index in [1.54, 1.807) is 30.3 Å². The summed E-state index contributed by atoms with van der Waals surface area (Å²) in [6.45, 7) is 0. The van der Waals surface area contributed by atoms with Gasteiger partial charge in [-0.05, 0) is 36.5 Å². The predicted octanol–water partition coefficient (Wildman–Crippen LogP) is 3.66. The number of rotatable bonds is 2. The quantitative estimate of drug-likeness (QED) is 0.409. The lowest BCUT2D eigenvalue weighted by Crippen LogP contribution is -2.54. The van der Waals surface area contributed by atoms with Crippen LogP contribution in [0.1, 0.15) is 5.56 Å². The first-order valence-electron chi connectivity index (χ1n) is 8.17. The Labute approximate surface area is 165 Å². The number of aromatic nitrogens is 1. The van der Waals surface area contributed by atoms with Crippen LogP contribution in [0.3, 0.4) is 0 Å². The number of hydrogen-bond acceptors (Lipinski definition) is 3. The molecule has 0 aliphatic carbocycles. The Kier molecular flexibility index (Phi) is 4.30. The minimum Gasteiger partial charge on any atom is -0.350 e. The van der Waals surface area contributed by atoms with Crippen molar-refractivity contribution in [2.24, 2.45) is 7.05 Å². The van der Waals surface area contributed by atoms with E-state index in [9.17, 15) is 9.59 Å². The molecule has 1 aliphatic rings. The Bertz CT molecular complexity index is 1150. The third-order valence-electron chi connectivity index (χ3n) is 4.42. The zero-order valence-electron chi connectivity index (χ0n) is 14.3. The fraction of sp³-hybridized carbons (Fsp3) is 0.0500. The van der Waals surface area contributed by atoms with Crippen molar-refractivity contribution < 1.29 is 9.59 Å². The van der Waals surface area contributed by atoms with Crippen LogP contribution < -0.4 is 10.2 Å². The number of para-hydroxylation sites is 2. The first-order chi connectivity index (χ1) is 13.0. The number of anilines is 1. The maximum Gasteiger partial charge on any atom is 0.270 e. The second-order valence-corrected chi connectivity index (χ2v) is 6.92. The van der Waals surface area contributed by atoms with E-state index >= 15 is 0 Å². The number of amides is 2. The van der Waals surface area contributed by atoms with Crippen LogP contribution in [0.25, 0.3) is 17.0 Å².